The molecule has 1 aliphatic heterocycles. The van der Waals surface area contributed by atoms with E-state index in [4.69, 9.17) is 23.8 Å². The molecule has 2 N–H and O–H groups in total. The minimum Gasteiger partial charge on any atom is -0.326 e. The van der Waals surface area contributed by atoms with Crippen molar-refractivity contribution in [3.63, 3.8) is 0 Å². The fraction of sp³-hybridized carbons (Fsp3) is 0.444. The summed E-state index contributed by atoms with van der Waals surface area (Å²) in [6.07, 6.45) is 2.90. The maximum Gasteiger partial charge on any atom is 0.253 e. The molecule has 1 atom stereocenters. The first-order chi connectivity index (χ1) is 12.8. The second-order valence-electron chi connectivity index (χ2n) is 6.32. The number of carbonyl (C=O) groups is 3. The average molecular weight is 411 g/mol. The second-order valence-corrected chi connectivity index (χ2v) is 7.12. The first-order valence-corrected chi connectivity index (χ1v) is 9.57. The Balaban J connectivity index is 2.02. The Kier molecular flexibility index (Phi) is 7.55. The van der Waals surface area contributed by atoms with E-state index in [0.29, 0.717) is 17.1 Å². The molecule has 7 nitrogen and oxygen atoms in total. The summed E-state index contributed by atoms with van der Waals surface area (Å²) in [7, 11) is 1.52. The zero-order valence-corrected chi connectivity index (χ0v) is 16.9. The van der Waals surface area contributed by atoms with Crippen molar-refractivity contribution in [2.24, 2.45) is 0 Å². The highest BCUT2D eigenvalue weighted by atomic mass is 35.5. The molecular formula is C18H23ClN4O3S. The number of hydrogen-bond donors (Lipinski definition) is 2. The fourth-order valence-electron chi connectivity index (χ4n) is 2.71. The molecule has 1 heterocycles. The van der Waals surface area contributed by atoms with Crippen LogP contribution in [0.15, 0.2) is 24.3 Å². The molecule has 1 saturated heterocycles. The third-order valence-electron chi connectivity index (χ3n) is 4.16. The molecule has 1 fully saturated rings. The Labute approximate surface area is 169 Å². The smallest absolute Gasteiger partial charge is 0.253 e. The van der Waals surface area contributed by atoms with Gasteiger partial charge in [-0.3, -0.25) is 24.7 Å². The zero-order chi connectivity index (χ0) is 20.0. The number of thiocarbonyl (C=S) groups is 1. The predicted octanol–water partition coefficient (Wildman–Crippen LogP) is 2.71. The molecule has 0 aromatic heterocycles. The van der Waals surface area contributed by atoms with E-state index in [2.05, 4.69) is 17.7 Å². The molecule has 1 aromatic rings. The van der Waals surface area contributed by atoms with E-state index < -0.39 is 6.04 Å². The van der Waals surface area contributed by atoms with Gasteiger partial charge < -0.3 is 5.32 Å². The lowest BCUT2D eigenvalue weighted by Gasteiger charge is -2.24. The highest BCUT2D eigenvalue weighted by Crippen LogP contribution is 2.20. The molecule has 0 radical (unpaired) electrons. The van der Waals surface area contributed by atoms with Gasteiger partial charge in [0, 0.05) is 24.2 Å². The van der Waals surface area contributed by atoms with Crippen LogP contribution in [-0.2, 0) is 14.4 Å². The number of anilines is 1. The summed E-state index contributed by atoms with van der Waals surface area (Å²) >= 11 is 11.1. The summed E-state index contributed by atoms with van der Waals surface area (Å²) in [5.41, 5.74) is 3.20. The van der Waals surface area contributed by atoms with Crippen LogP contribution in [0.4, 0.5) is 5.69 Å². The topological polar surface area (TPSA) is 81.8 Å². The molecule has 3 amide bonds. The van der Waals surface area contributed by atoms with Crippen LogP contribution in [0.3, 0.4) is 0 Å². The van der Waals surface area contributed by atoms with Gasteiger partial charge in [0.1, 0.15) is 6.04 Å². The van der Waals surface area contributed by atoms with E-state index >= 15 is 0 Å². The number of nitrogens with zero attached hydrogens (tertiary/aromatic N) is 2. The van der Waals surface area contributed by atoms with Crippen molar-refractivity contribution < 1.29 is 14.4 Å². The Morgan fingerprint density at radius 2 is 2.00 bits per heavy atom. The number of rotatable bonds is 8. The molecular weight excluding hydrogens is 388 g/mol. The predicted molar refractivity (Wildman–Crippen MR) is 108 cm³/mol. The van der Waals surface area contributed by atoms with Gasteiger partial charge in [-0.15, -0.1) is 0 Å². The molecule has 0 spiro atoms. The highest BCUT2D eigenvalue weighted by molar-refractivity contribution is 7.80. The van der Waals surface area contributed by atoms with E-state index in [1.807, 2.05) is 0 Å². The maximum atomic E-state index is 12.5. The summed E-state index contributed by atoms with van der Waals surface area (Å²) in [6, 6.07) is 5.84. The van der Waals surface area contributed by atoms with Crippen LogP contribution in [-0.4, -0.2) is 45.8 Å². The van der Waals surface area contributed by atoms with Crippen molar-refractivity contribution in [1.82, 2.24) is 15.3 Å². The van der Waals surface area contributed by atoms with Crippen molar-refractivity contribution in [3.8, 4) is 0 Å². The third kappa shape index (κ3) is 5.64. The molecule has 0 aliphatic carbocycles. The normalized spacial score (nSPS) is 16.6. The zero-order valence-electron chi connectivity index (χ0n) is 15.3. The highest BCUT2D eigenvalue weighted by Gasteiger charge is 2.42. The van der Waals surface area contributed by atoms with Gasteiger partial charge in [0.15, 0.2) is 5.11 Å². The van der Waals surface area contributed by atoms with Crippen molar-refractivity contribution in [1.29, 1.82) is 0 Å². The summed E-state index contributed by atoms with van der Waals surface area (Å²) in [5, 5.41) is 4.67. The van der Waals surface area contributed by atoms with Crippen LogP contribution in [0.2, 0.25) is 5.02 Å². The average Bonchev–Trinajstić information content (AvgIpc) is 2.80. The Hall–Kier alpha value is -2.19. The van der Waals surface area contributed by atoms with E-state index in [-0.39, 0.29) is 29.3 Å². The van der Waals surface area contributed by atoms with Gasteiger partial charge in [-0.05, 0) is 36.8 Å². The van der Waals surface area contributed by atoms with E-state index in [0.717, 1.165) is 19.3 Å². The minimum atomic E-state index is -0.878. The van der Waals surface area contributed by atoms with Crippen molar-refractivity contribution >= 4 is 52.3 Å². The Morgan fingerprint density at radius 1 is 1.26 bits per heavy atom. The molecule has 2 rings (SSSR count). The second kappa shape index (κ2) is 9.66. The molecule has 1 unspecified atom stereocenters. The molecule has 0 saturated carbocycles. The molecule has 1 aliphatic rings. The quantitative estimate of drug-likeness (QED) is 0.508. The molecule has 146 valence electrons. The Bertz CT molecular complexity index is 743. The van der Waals surface area contributed by atoms with E-state index in [1.165, 1.54) is 17.0 Å². The van der Waals surface area contributed by atoms with E-state index in [1.54, 1.807) is 24.3 Å². The minimum absolute atomic E-state index is 0.148. The van der Waals surface area contributed by atoms with E-state index in [9.17, 15) is 14.4 Å². The third-order valence-corrected chi connectivity index (χ3v) is 4.87. The van der Waals surface area contributed by atoms with Gasteiger partial charge in [0.2, 0.25) is 11.8 Å². The standard InChI is InChI=1S/C18H23ClN4O3S/c1-3-4-5-9-15(24)21-23-14(17(26)22(2)18(23)27)11-16(25)20-13-8-6-7-12(19)10-13/h6-8,10,14H,3-5,9,11H2,1-2H3,(H,20,25)(H,21,24). The number of hydrazine groups is 1. The number of amides is 3. The van der Waals surface area contributed by atoms with Crippen molar-refractivity contribution in [3.05, 3.63) is 29.3 Å². The van der Waals surface area contributed by atoms with Crippen LogP contribution in [0, 0.1) is 0 Å². The number of halogens is 1. The largest absolute Gasteiger partial charge is 0.326 e. The molecule has 1 aromatic carbocycles. The Morgan fingerprint density at radius 3 is 2.67 bits per heavy atom. The molecule has 9 heteroatoms. The fourth-order valence-corrected chi connectivity index (χ4v) is 3.16. The van der Waals surface area contributed by atoms with Crippen LogP contribution >= 0.6 is 23.8 Å². The number of benzene rings is 1. The lowest BCUT2D eigenvalue weighted by atomic mass is 10.2. The van der Waals surface area contributed by atoms with Crippen LogP contribution < -0.4 is 10.7 Å². The molecule has 27 heavy (non-hydrogen) atoms. The number of hydrogen-bond acceptors (Lipinski definition) is 4. The first-order valence-electron chi connectivity index (χ1n) is 8.79. The lowest BCUT2D eigenvalue weighted by molar-refractivity contribution is -0.132. The summed E-state index contributed by atoms with van der Waals surface area (Å²) in [5.74, 6) is -0.941. The van der Waals surface area contributed by atoms with Crippen molar-refractivity contribution in [2.75, 3.05) is 12.4 Å². The van der Waals surface area contributed by atoms with Crippen molar-refractivity contribution in [2.45, 2.75) is 45.1 Å². The van der Waals surface area contributed by atoms with Crippen LogP contribution in [0.1, 0.15) is 39.0 Å². The first kappa shape index (κ1) is 21.1. The van der Waals surface area contributed by atoms with Gasteiger partial charge in [0.05, 0.1) is 6.42 Å². The van der Waals surface area contributed by atoms with Gasteiger partial charge in [-0.1, -0.05) is 37.4 Å². The van der Waals surface area contributed by atoms with Crippen LogP contribution in [0.5, 0.6) is 0 Å². The van der Waals surface area contributed by atoms with Gasteiger partial charge >= 0.3 is 0 Å². The summed E-state index contributed by atoms with van der Waals surface area (Å²) in [4.78, 5) is 38.2. The SMILES string of the molecule is CCCCCC(=O)NN1C(=S)N(C)C(=O)C1CC(=O)Nc1cccc(Cl)c1. The number of nitrogens with one attached hydrogen (secondary N) is 2. The number of likely N-dealkylation sites (N-methyl/N-ethyl adjacent to an activating group) is 1. The monoisotopic (exact) mass is 410 g/mol. The summed E-state index contributed by atoms with van der Waals surface area (Å²) in [6.45, 7) is 2.05. The number of unbranched alkanes of at least 4 members (excludes halogenated alkanes) is 2. The lowest BCUT2D eigenvalue weighted by Crippen LogP contribution is -2.49. The van der Waals surface area contributed by atoms with Crippen LogP contribution in [0.25, 0.3) is 0 Å². The summed E-state index contributed by atoms with van der Waals surface area (Å²) < 4.78 is 0. The number of carbonyl (C=O) groups excluding carboxylic acids is 3. The maximum absolute atomic E-state index is 12.5. The molecule has 0 bridgehead atoms. The van der Waals surface area contributed by atoms with Gasteiger partial charge in [0.25, 0.3) is 5.91 Å². The van der Waals surface area contributed by atoms with Gasteiger partial charge in [-0.25, -0.2) is 5.01 Å². The van der Waals surface area contributed by atoms with Gasteiger partial charge in [-0.2, -0.15) is 0 Å².